The van der Waals surface area contributed by atoms with Crippen LogP contribution in [0.25, 0.3) is 0 Å². The molecule has 1 atom stereocenters. The molecule has 0 radical (unpaired) electrons. The van der Waals surface area contributed by atoms with Gasteiger partial charge in [0, 0.05) is 29.8 Å². The number of thiazole rings is 1. The number of nitrogens with zero attached hydrogens (tertiary/aromatic N) is 2. The molecule has 1 unspecified atom stereocenters. The van der Waals surface area contributed by atoms with Crippen LogP contribution in [0.5, 0.6) is 0 Å². The Balaban J connectivity index is 1.86. The monoisotopic (exact) mass is 330 g/mol. The van der Waals surface area contributed by atoms with Gasteiger partial charge in [-0.25, -0.2) is 4.98 Å². The van der Waals surface area contributed by atoms with Gasteiger partial charge >= 0.3 is 5.97 Å². The van der Waals surface area contributed by atoms with Crippen molar-refractivity contribution >= 4 is 29.1 Å². The molecular formula is C14H22N2O3S2. The fourth-order valence-corrected chi connectivity index (χ4v) is 4.50. The molecule has 21 heavy (non-hydrogen) atoms. The van der Waals surface area contributed by atoms with Crippen molar-refractivity contribution in [1.29, 1.82) is 0 Å². The van der Waals surface area contributed by atoms with E-state index in [9.17, 15) is 4.79 Å². The fraction of sp³-hybridized carbons (Fsp3) is 0.714. The van der Waals surface area contributed by atoms with E-state index in [1.165, 1.54) is 11.3 Å². The molecule has 1 aliphatic heterocycles. The summed E-state index contributed by atoms with van der Waals surface area (Å²) < 4.78 is 6.74. The number of carbonyl (C=O) groups is 1. The first-order valence-electron chi connectivity index (χ1n) is 7.12. The predicted molar refractivity (Wildman–Crippen MR) is 85.4 cm³/mol. The zero-order valence-corrected chi connectivity index (χ0v) is 14.3. The van der Waals surface area contributed by atoms with E-state index in [4.69, 9.17) is 9.84 Å². The quantitative estimate of drug-likeness (QED) is 0.808. The first-order valence-corrected chi connectivity index (χ1v) is 8.92. The van der Waals surface area contributed by atoms with E-state index < -0.39 is 5.97 Å². The van der Waals surface area contributed by atoms with Gasteiger partial charge in [0.1, 0.15) is 4.34 Å². The minimum absolute atomic E-state index is 0.0606. The zero-order chi connectivity index (χ0) is 15.4. The summed E-state index contributed by atoms with van der Waals surface area (Å²) >= 11 is 3.15. The second-order valence-corrected chi connectivity index (χ2v) is 7.80. The Morgan fingerprint density at radius 2 is 2.38 bits per heavy atom. The van der Waals surface area contributed by atoms with E-state index in [1.807, 2.05) is 6.92 Å². The molecule has 7 heteroatoms. The van der Waals surface area contributed by atoms with Gasteiger partial charge < -0.3 is 9.84 Å². The van der Waals surface area contributed by atoms with Crippen LogP contribution in [-0.2, 0) is 16.0 Å². The standard InChI is InChI=1S/C14H22N2O3S2/c1-9(2)16-4-5-19-11(7-16)8-20-14-15-10(3)12(21-14)6-13(17)18/h9,11H,4-8H2,1-3H3,(H,17,18). The molecule has 0 aromatic carbocycles. The lowest BCUT2D eigenvalue weighted by Gasteiger charge is -2.35. The highest BCUT2D eigenvalue weighted by Crippen LogP contribution is 2.29. The lowest BCUT2D eigenvalue weighted by molar-refractivity contribution is -0.136. The van der Waals surface area contributed by atoms with E-state index in [0.717, 1.165) is 40.4 Å². The Hall–Kier alpha value is -0.630. The maximum Gasteiger partial charge on any atom is 0.308 e. The van der Waals surface area contributed by atoms with Gasteiger partial charge in [-0.15, -0.1) is 11.3 Å². The zero-order valence-electron chi connectivity index (χ0n) is 12.7. The topological polar surface area (TPSA) is 62.7 Å². The fourth-order valence-electron chi connectivity index (χ4n) is 2.24. The molecule has 1 saturated heterocycles. The Kier molecular flexibility index (Phi) is 6.04. The van der Waals surface area contributed by atoms with Gasteiger partial charge in [0.05, 0.1) is 24.8 Å². The second-order valence-electron chi connectivity index (χ2n) is 5.45. The molecule has 1 aliphatic rings. The maximum atomic E-state index is 10.8. The molecule has 1 fully saturated rings. The van der Waals surface area contributed by atoms with Gasteiger partial charge in [-0.2, -0.15) is 0 Å². The molecule has 1 aromatic heterocycles. The SMILES string of the molecule is Cc1nc(SCC2CN(C(C)C)CCO2)sc1CC(=O)O. The third-order valence-corrected chi connectivity index (χ3v) is 5.91. The van der Waals surface area contributed by atoms with Gasteiger partial charge in [-0.1, -0.05) is 11.8 Å². The molecule has 2 heterocycles. The van der Waals surface area contributed by atoms with Crippen molar-refractivity contribution in [2.75, 3.05) is 25.4 Å². The Bertz CT molecular complexity index is 491. The van der Waals surface area contributed by atoms with Crippen molar-refractivity contribution in [2.24, 2.45) is 0 Å². The molecule has 0 spiro atoms. The highest BCUT2D eigenvalue weighted by atomic mass is 32.2. The van der Waals surface area contributed by atoms with Crippen molar-refractivity contribution < 1.29 is 14.6 Å². The number of hydrogen-bond acceptors (Lipinski definition) is 6. The summed E-state index contributed by atoms with van der Waals surface area (Å²) in [5.74, 6) is 0.0596. The van der Waals surface area contributed by atoms with E-state index in [2.05, 4.69) is 23.7 Å². The minimum atomic E-state index is -0.804. The number of aromatic nitrogens is 1. The van der Waals surface area contributed by atoms with Crippen LogP contribution < -0.4 is 0 Å². The summed E-state index contributed by atoms with van der Waals surface area (Å²) in [4.78, 5) is 18.5. The van der Waals surface area contributed by atoms with Crippen LogP contribution in [0, 0.1) is 6.92 Å². The van der Waals surface area contributed by atoms with Crippen LogP contribution in [0.1, 0.15) is 24.4 Å². The summed E-state index contributed by atoms with van der Waals surface area (Å²) in [6, 6.07) is 0.547. The molecule has 2 rings (SSSR count). The van der Waals surface area contributed by atoms with Crippen LogP contribution in [0.2, 0.25) is 0 Å². The van der Waals surface area contributed by atoms with Crippen molar-refractivity contribution in [1.82, 2.24) is 9.88 Å². The Labute approximate surface area is 133 Å². The van der Waals surface area contributed by atoms with Crippen molar-refractivity contribution in [2.45, 2.75) is 43.7 Å². The van der Waals surface area contributed by atoms with Crippen LogP contribution in [0.4, 0.5) is 0 Å². The van der Waals surface area contributed by atoms with Gasteiger partial charge in [-0.05, 0) is 20.8 Å². The first kappa shape index (κ1) is 16.7. The third kappa shape index (κ3) is 4.95. The van der Waals surface area contributed by atoms with Crippen molar-refractivity contribution in [3.63, 3.8) is 0 Å². The number of ether oxygens (including phenoxy) is 1. The summed E-state index contributed by atoms with van der Waals surface area (Å²) in [6.45, 7) is 9.02. The summed E-state index contributed by atoms with van der Waals surface area (Å²) in [7, 11) is 0. The van der Waals surface area contributed by atoms with E-state index in [-0.39, 0.29) is 12.5 Å². The number of thioether (sulfide) groups is 1. The highest BCUT2D eigenvalue weighted by molar-refractivity contribution is 8.01. The molecule has 0 amide bonds. The van der Waals surface area contributed by atoms with Crippen molar-refractivity contribution in [3.8, 4) is 0 Å². The highest BCUT2D eigenvalue weighted by Gasteiger charge is 2.23. The third-order valence-electron chi connectivity index (χ3n) is 3.48. The lowest BCUT2D eigenvalue weighted by atomic mass is 10.2. The number of carboxylic acid groups (broad SMARTS) is 1. The molecule has 0 saturated carbocycles. The molecule has 0 aliphatic carbocycles. The number of hydrogen-bond donors (Lipinski definition) is 1. The predicted octanol–water partition coefficient (Wildman–Crippen LogP) is 2.28. The van der Waals surface area contributed by atoms with Crippen molar-refractivity contribution in [3.05, 3.63) is 10.6 Å². The Morgan fingerprint density at radius 3 is 3.05 bits per heavy atom. The Morgan fingerprint density at radius 1 is 1.62 bits per heavy atom. The first-order chi connectivity index (χ1) is 9.95. The molecule has 5 nitrogen and oxygen atoms in total. The smallest absolute Gasteiger partial charge is 0.308 e. The maximum absolute atomic E-state index is 10.8. The van der Waals surface area contributed by atoms with Gasteiger partial charge in [0.2, 0.25) is 0 Å². The average Bonchev–Trinajstić information content (AvgIpc) is 2.76. The molecule has 1 aromatic rings. The molecule has 118 valence electrons. The van der Waals surface area contributed by atoms with Crippen LogP contribution in [0.3, 0.4) is 0 Å². The van der Waals surface area contributed by atoms with Crippen LogP contribution in [0.15, 0.2) is 4.34 Å². The van der Waals surface area contributed by atoms with Crippen LogP contribution in [-0.4, -0.2) is 58.6 Å². The normalized spacial score (nSPS) is 20.1. The lowest BCUT2D eigenvalue weighted by Crippen LogP contribution is -2.46. The van der Waals surface area contributed by atoms with Gasteiger partial charge in [0.25, 0.3) is 0 Å². The summed E-state index contributed by atoms with van der Waals surface area (Å²) in [6.07, 6.45) is 0.281. The second kappa shape index (κ2) is 7.58. The number of aliphatic carboxylic acids is 1. The average molecular weight is 330 g/mol. The number of morpholine rings is 1. The van der Waals surface area contributed by atoms with Crippen LogP contribution >= 0.6 is 23.1 Å². The van der Waals surface area contributed by atoms with Gasteiger partial charge in [-0.3, -0.25) is 9.69 Å². The largest absolute Gasteiger partial charge is 0.481 e. The summed E-state index contributed by atoms with van der Waals surface area (Å²) in [5, 5.41) is 8.86. The number of aryl methyl sites for hydroxylation is 1. The minimum Gasteiger partial charge on any atom is -0.481 e. The van der Waals surface area contributed by atoms with E-state index in [1.54, 1.807) is 11.8 Å². The number of carboxylic acids is 1. The number of rotatable bonds is 6. The van der Waals surface area contributed by atoms with Gasteiger partial charge in [0.15, 0.2) is 0 Å². The summed E-state index contributed by atoms with van der Waals surface area (Å²) in [5.41, 5.74) is 0.832. The molecular weight excluding hydrogens is 308 g/mol. The molecule has 0 bridgehead atoms. The molecule has 1 N–H and O–H groups in total. The van der Waals surface area contributed by atoms with E-state index in [0.29, 0.717) is 6.04 Å². The van der Waals surface area contributed by atoms with E-state index >= 15 is 0 Å².